The molecule has 0 saturated carbocycles. The molecule has 2 aromatic heterocycles. The van der Waals surface area contributed by atoms with Gasteiger partial charge in [-0.15, -0.1) is 0 Å². The zero-order valence-corrected chi connectivity index (χ0v) is 10.5. The number of benzene rings is 1. The van der Waals surface area contributed by atoms with E-state index >= 15 is 0 Å². The summed E-state index contributed by atoms with van der Waals surface area (Å²) in [5, 5.41) is 4.87. The van der Waals surface area contributed by atoms with E-state index in [9.17, 15) is 0 Å². The van der Waals surface area contributed by atoms with Crippen LogP contribution < -0.4 is 5.32 Å². The first-order valence-electron chi connectivity index (χ1n) is 5.53. The Hall–Kier alpha value is -2.07. The van der Waals surface area contributed by atoms with E-state index in [1.807, 2.05) is 48.1 Å². The first-order valence-corrected chi connectivity index (χ1v) is 5.91. The molecule has 5 heteroatoms. The van der Waals surface area contributed by atoms with Crippen molar-refractivity contribution in [2.75, 3.05) is 5.32 Å². The predicted molar refractivity (Wildman–Crippen MR) is 73.2 cm³/mol. The molecule has 0 aliphatic carbocycles. The largest absolute Gasteiger partial charge is 0.338 e. The highest BCUT2D eigenvalue weighted by atomic mass is 35.5. The third-order valence-corrected chi connectivity index (χ3v) is 3.12. The summed E-state index contributed by atoms with van der Waals surface area (Å²) in [4.78, 5) is 8.51. The van der Waals surface area contributed by atoms with E-state index in [0.717, 1.165) is 22.5 Å². The van der Waals surface area contributed by atoms with Crippen LogP contribution in [0.25, 0.3) is 11.0 Å². The SMILES string of the molecule is Cn1ccc2c(Nc3ccccc3Cl)ncnc21. The Labute approximate surface area is 109 Å². The Morgan fingerprint density at radius 3 is 2.83 bits per heavy atom. The quantitative estimate of drug-likeness (QED) is 0.766. The maximum atomic E-state index is 6.12. The maximum Gasteiger partial charge on any atom is 0.145 e. The number of rotatable bonds is 2. The Morgan fingerprint density at radius 1 is 1.17 bits per heavy atom. The second-order valence-electron chi connectivity index (χ2n) is 3.99. The van der Waals surface area contributed by atoms with Gasteiger partial charge in [0.15, 0.2) is 0 Å². The van der Waals surface area contributed by atoms with Gasteiger partial charge in [-0.1, -0.05) is 23.7 Å². The molecule has 0 atom stereocenters. The van der Waals surface area contributed by atoms with E-state index in [4.69, 9.17) is 11.6 Å². The predicted octanol–water partition coefficient (Wildman–Crippen LogP) is 3.37. The summed E-state index contributed by atoms with van der Waals surface area (Å²) in [5.74, 6) is 0.758. The average Bonchev–Trinajstić information content (AvgIpc) is 2.76. The van der Waals surface area contributed by atoms with Crippen LogP contribution in [0.1, 0.15) is 0 Å². The van der Waals surface area contributed by atoms with Crippen LogP contribution in [0.2, 0.25) is 5.02 Å². The number of aryl methyl sites for hydroxylation is 1. The van der Waals surface area contributed by atoms with E-state index in [-0.39, 0.29) is 0 Å². The van der Waals surface area contributed by atoms with Crippen molar-refractivity contribution in [2.24, 2.45) is 7.05 Å². The van der Waals surface area contributed by atoms with Crippen molar-refractivity contribution in [3.05, 3.63) is 47.9 Å². The summed E-state index contributed by atoms with van der Waals surface area (Å²) in [6.07, 6.45) is 3.50. The zero-order chi connectivity index (χ0) is 12.5. The number of halogens is 1. The molecule has 1 aromatic carbocycles. The molecule has 1 N–H and O–H groups in total. The standard InChI is InChI=1S/C13H11ClN4/c1-18-7-6-9-12(15-8-16-13(9)18)17-11-5-3-2-4-10(11)14/h2-8H,1H3,(H,15,16,17). The number of hydrogen-bond acceptors (Lipinski definition) is 3. The summed E-state index contributed by atoms with van der Waals surface area (Å²) >= 11 is 6.12. The van der Waals surface area contributed by atoms with E-state index < -0.39 is 0 Å². The van der Waals surface area contributed by atoms with E-state index in [2.05, 4.69) is 15.3 Å². The van der Waals surface area contributed by atoms with E-state index in [0.29, 0.717) is 5.02 Å². The molecule has 0 saturated heterocycles. The van der Waals surface area contributed by atoms with Crippen molar-refractivity contribution in [1.82, 2.24) is 14.5 Å². The number of anilines is 2. The molecular weight excluding hydrogens is 248 g/mol. The van der Waals surface area contributed by atoms with Crippen LogP contribution in [0.5, 0.6) is 0 Å². The minimum Gasteiger partial charge on any atom is -0.338 e. The van der Waals surface area contributed by atoms with Crippen LogP contribution in [0.3, 0.4) is 0 Å². The summed E-state index contributed by atoms with van der Waals surface area (Å²) in [5.41, 5.74) is 1.72. The molecule has 18 heavy (non-hydrogen) atoms. The van der Waals surface area contributed by atoms with Crippen LogP contribution in [0.15, 0.2) is 42.9 Å². The first kappa shape index (κ1) is 11.0. The molecule has 0 radical (unpaired) electrons. The summed E-state index contributed by atoms with van der Waals surface area (Å²) in [7, 11) is 1.95. The fraction of sp³-hybridized carbons (Fsp3) is 0.0769. The molecule has 4 nitrogen and oxygen atoms in total. The lowest BCUT2D eigenvalue weighted by Crippen LogP contribution is -1.97. The highest BCUT2D eigenvalue weighted by Gasteiger charge is 2.07. The molecule has 0 aliphatic rings. The van der Waals surface area contributed by atoms with Gasteiger partial charge in [0.1, 0.15) is 17.8 Å². The molecule has 90 valence electrons. The van der Waals surface area contributed by atoms with Gasteiger partial charge < -0.3 is 9.88 Å². The number of para-hydroxylation sites is 1. The topological polar surface area (TPSA) is 42.7 Å². The van der Waals surface area contributed by atoms with Crippen molar-refractivity contribution in [2.45, 2.75) is 0 Å². The van der Waals surface area contributed by atoms with Crippen LogP contribution in [0, 0.1) is 0 Å². The van der Waals surface area contributed by atoms with Gasteiger partial charge in [-0.3, -0.25) is 0 Å². The molecular formula is C13H11ClN4. The van der Waals surface area contributed by atoms with Crippen LogP contribution >= 0.6 is 11.6 Å². The monoisotopic (exact) mass is 258 g/mol. The highest BCUT2D eigenvalue weighted by Crippen LogP contribution is 2.27. The Morgan fingerprint density at radius 2 is 2.00 bits per heavy atom. The summed E-state index contributed by atoms with van der Waals surface area (Å²) in [6.45, 7) is 0. The maximum absolute atomic E-state index is 6.12. The zero-order valence-electron chi connectivity index (χ0n) is 9.76. The van der Waals surface area contributed by atoms with Crippen molar-refractivity contribution in [1.29, 1.82) is 0 Å². The third kappa shape index (κ3) is 1.80. The summed E-state index contributed by atoms with van der Waals surface area (Å²) in [6, 6.07) is 9.56. The lowest BCUT2D eigenvalue weighted by molar-refractivity contribution is 0.944. The fourth-order valence-corrected chi connectivity index (χ4v) is 2.05. The molecule has 2 heterocycles. The van der Waals surface area contributed by atoms with Crippen LogP contribution in [-0.4, -0.2) is 14.5 Å². The van der Waals surface area contributed by atoms with Gasteiger partial charge in [0, 0.05) is 13.2 Å². The highest BCUT2D eigenvalue weighted by molar-refractivity contribution is 6.33. The normalized spacial score (nSPS) is 10.8. The molecule has 0 spiro atoms. The second-order valence-corrected chi connectivity index (χ2v) is 4.40. The molecule has 0 bridgehead atoms. The number of fused-ring (bicyclic) bond motifs is 1. The van der Waals surface area contributed by atoms with Crippen molar-refractivity contribution >= 4 is 34.1 Å². The molecule has 3 aromatic rings. The summed E-state index contributed by atoms with van der Waals surface area (Å²) < 4.78 is 1.95. The lowest BCUT2D eigenvalue weighted by atomic mass is 10.3. The van der Waals surface area contributed by atoms with E-state index in [1.165, 1.54) is 0 Å². The van der Waals surface area contributed by atoms with Crippen molar-refractivity contribution < 1.29 is 0 Å². The second kappa shape index (κ2) is 4.31. The van der Waals surface area contributed by atoms with Crippen LogP contribution in [-0.2, 0) is 7.05 Å². The minimum atomic E-state index is 0.667. The Balaban J connectivity index is 2.08. The Bertz CT molecular complexity index is 705. The smallest absolute Gasteiger partial charge is 0.145 e. The minimum absolute atomic E-state index is 0.667. The molecule has 0 unspecified atom stereocenters. The number of aromatic nitrogens is 3. The van der Waals surface area contributed by atoms with Gasteiger partial charge >= 0.3 is 0 Å². The number of nitrogens with one attached hydrogen (secondary N) is 1. The third-order valence-electron chi connectivity index (χ3n) is 2.79. The Kier molecular flexibility index (Phi) is 2.64. The number of hydrogen-bond donors (Lipinski definition) is 1. The van der Waals surface area contributed by atoms with Crippen molar-refractivity contribution in [3.8, 4) is 0 Å². The molecule has 0 fully saturated rings. The van der Waals surface area contributed by atoms with Gasteiger partial charge in [0.05, 0.1) is 16.1 Å². The van der Waals surface area contributed by atoms with Crippen LogP contribution in [0.4, 0.5) is 11.5 Å². The fourth-order valence-electron chi connectivity index (χ4n) is 1.87. The molecule has 0 amide bonds. The first-order chi connectivity index (χ1) is 8.75. The van der Waals surface area contributed by atoms with Gasteiger partial charge in [0.25, 0.3) is 0 Å². The van der Waals surface area contributed by atoms with Gasteiger partial charge in [0.2, 0.25) is 0 Å². The number of nitrogens with zero attached hydrogens (tertiary/aromatic N) is 3. The van der Waals surface area contributed by atoms with Gasteiger partial charge in [-0.25, -0.2) is 9.97 Å². The van der Waals surface area contributed by atoms with Gasteiger partial charge in [-0.05, 0) is 18.2 Å². The average molecular weight is 259 g/mol. The van der Waals surface area contributed by atoms with E-state index in [1.54, 1.807) is 6.33 Å². The molecule has 3 rings (SSSR count). The lowest BCUT2D eigenvalue weighted by Gasteiger charge is -2.08. The molecule has 0 aliphatic heterocycles. The van der Waals surface area contributed by atoms with Gasteiger partial charge in [-0.2, -0.15) is 0 Å². The van der Waals surface area contributed by atoms with Crippen molar-refractivity contribution in [3.63, 3.8) is 0 Å².